The smallest absolute Gasteiger partial charge is 0.317 e. The van der Waals surface area contributed by atoms with Crippen molar-refractivity contribution in [2.45, 2.75) is 38.8 Å². The van der Waals surface area contributed by atoms with Gasteiger partial charge in [-0.2, -0.15) is 0 Å². The molecule has 1 aromatic rings. The van der Waals surface area contributed by atoms with E-state index in [1.54, 1.807) is 4.90 Å². The first kappa shape index (κ1) is 20.3. The zero-order valence-electron chi connectivity index (χ0n) is 14.3. The van der Waals surface area contributed by atoms with Crippen molar-refractivity contribution in [3.8, 4) is 0 Å². The van der Waals surface area contributed by atoms with Gasteiger partial charge in [-0.05, 0) is 31.4 Å². The molecule has 7 heteroatoms. The maximum absolute atomic E-state index is 12.2. The molecule has 134 valence electrons. The number of carbonyl (C=O) groups is 2. The normalized spacial score (nSPS) is 13.5. The third kappa shape index (κ3) is 5.69. The molecule has 0 fully saturated rings. The Balaban J connectivity index is 0.00000288. The van der Waals surface area contributed by atoms with E-state index in [-0.39, 0.29) is 30.8 Å². The molecule has 1 aliphatic heterocycles. The molecule has 0 bridgehead atoms. The van der Waals surface area contributed by atoms with E-state index in [1.807, 2.05) is 26.0 Å². The van der Waals surface area contributed by atoms with Crippen LogP contribution in [-0.2, 0) is 17.8 Å². The largest absolute Gasteiger partial charge is 0.350 e. The molecule has 4 N–H and O–H groups in total. The van der Waals surface area contributed by atoms with E-state index in [9.17, 15) is 9.59 Å². The minimum absolute atomic E-state index is 0. The van der Waals surface area contributed by atoms with Crippen LogP contribution in [0, 0.1) is 0 Å². The molecule has 0 saturated carbocycles. The third-order valence-corrected chi connectivity index (χ3v) is 4.03. The van der Waals surface area contributed by atoms with Crippen LogP contribution in [-0.4, -0.2) is 42.0 Å². The van der Waals surface area contributed by atoms with Gasteiger partial charge in [0.1, 0.15) is 0 Å². The molecule has 0 radical (unpaired) electrons. The van der Waals surface area contributed by atoms with Gasteiger partial charge in [0.05, 0.1) is 0 Å². The summed E-state index contributed by atoms with van der Waals surface area (Å²) in [5, 5.41) is 5.66. The highest BCUT2D eigenvalue weighted by atomic mass is 35.5. The number of amides is 3. The Morgan fingerprint density at radius 3 is 2.58 bits per heavy atom. The topological polar surface area (TPSA) is 87.5 Å². The highest BCUT2D eigenvalue weighted by molar-refractivity contribution is 5.85. The Morgan fingerprint density at radius 1 is 1.25 bits per heavy atom. The van der Waals surface area contributed by atoms with Gasteiger partial charge < -0.3 is 21.3 Å². The quantitative estimate of drug-likeness (QED) is 0.747. The standard InChI is InChI=1S/C17H26N4O2.ClH/c1-17(2,12-18)20-15(22)7-9-19-16(23)21-10-8-13-5-3-4-6-14(13)11-21;/h3-6H,7-12,18H2,1-2H3,(H,19,23)(H,20,22);1H. The maximum Gasteiger partial charge on any atom is 0.317 e. The lowest BCUT2D eigenvalue weighted by molar-refractivity contribution is -0.122. The van der Waals surface area contributed by atoms with Gasteiger partial charge in [0, 0.05) is 38.1 Å². The number of benzene rings is 1. The molecule has 3 amide bonds. The van der Waals surface area contributed by atoms with Crippen LogP contribution < -0.4 is 16.4 Å². The van der Waals surface area contributed by atoms with E-state index in [4.69, 9.17) is 5.73 Å². The zero-order valence-corrected chi connectivity index (χ0v) is 15.1. The molecule has 1 aliphatic rings. The summed E-state index contributed by atoms with van der Waals surface area (Å²) in [5.74, 6) is -0.107. The number of rotatable bonds is 5. The Morgan fingerprint density at radius 2 is 1.92 bits per heavy atom. The van der Waals surface area contributed by atoms with Gasteiger partial charge >= 0.3 is 6.03 Å². The first-order valence-electron chi connectivity index (χ1n) is 8.02. The summed E-state index contributed by atoms with van der Waals surface area (Å²) in [6.07, 6.45) is 1.12. The van der Waals surface area contributed by atoms with Gasteiger partial charge in [0.2, 0.25) is 5.91 Å². The highest BCUT2D eigenvalue weighted by Gasteiger charge is 2.21. The number of carbonyl (C=O) groups excluding carboxylic acids is 2. The van der Waals surface area contributed by atoms with Crippen LogP contribution in [0.25, 0.3) is 0 Å². The molecule has 0 aromatic heterocycles. The molecule has 1 aromatic carbocycles. The second-order valence-corrected chi connectivity index (χ2v) is 6.56. The van der Waals surface area contributed by atoms with Crippen molar-refractivity contribution >= 4 is 24.3 Å². The first-order valence-corrected chi connectivity index (χ1v) is 8.02. The second-order valence-electron chi connectivity index (χ2n) is 6.56. The van der Waals surface area contributed by atoms with Crippen LogP contribution in [0.2, 0.25) is 0 Å². The predicted molar refractivity (Wildman–Crippen MR) is 97.1 cm³/mol. The van der Waals surface area contributed by atoms with Crippen LogP contribution in [0.3, 0.4) is 0 Å². The fourth-order valence-corrected chi connectivity index (χ4v) is 2.55. The zero-order chi connectivity index (χ0) is 16.9. The summed E-state index contributed by atoms with van der Waals surface area (Å²) >= 11 is 0. The predicted octanol–water partition coefficient (Wildman–Crippen LogP) is 1.42. The molecular formula is C17H27ClN4O2. The van der Waals surface area contributed by atoms with Crippen LogP contribution >= 0.6 is 12.4 Å². The lowest BCUT2D eigenvalue weighted by atomic mass is 10.0. The fraction of sp³-hybridized carbons (Fsp3) is 0.529. The molecule has 0 aliphatic carbocycles. The number of fused-ring (bicyclic) bond motifs is 1. The molecule has 6 nitrogen and oxygen atoms in total. The van der Waals surface area contributed by atoms with Gasteiger partial charge in [-0.3, -0.25) is 4.79 Å². The van der Waals surface area contributed by atoms with Crippen molar-refractivity contribution in [1.82, 2.24) is 15.5 Å². The van der Waals surface area contributed by atoms with E-state index >= 15 is 0 Å². The molecule has 0 unspecified atom stereocenters. The number of hydrogen-bond acceptors (Lipinski definition) is 3. The maximum atomic E-state index is 12.2. The van der Waals surface area contributed by atoms with E-state index in [0.29, 0.717) is 26.2 Å². The van der Waals surface area contributed by atoms with Crippen LogP contribution in [0.5, 0.6) is 0 Å². The van der Waals surface area contributed by atoms with Crippen molar-refractivity contribution in [3.63, 3.8) is 0 Å². The Hall–Kier alpha value is -1.79. The van der Waals surface area contributed by atoms with Gasteiger partial charge in [-0.25, -0.2) is 4.79 Å². The van der Waals surface area contributed by atoms with Gasteiger partial charge in [-0.15, -0.1) is 12.4 Å². The summed E-state index contributed by atoms with van der Waals surface area (Å²) in [7, 11) is 0. The average Bonchev–Trinajstić information content (AvgIpc) is 2.53. The third-order valence-electron chi connectivity index (χ3n) is 4.03. The number of nitrogens with zero attached hydrogens (tertiary/aromatic N) is 1. The van der Waals surface area contributed by atoms with Crippen molar-refractivity contribution in [3.05, 3.63) is 35.4 Å². The number of hydrogen-bond donors (Lipinski definition) is 3. The van der Waals surface area contributed by atoms with Gasteiger partial charge in [0.15, 0.2) is 0 Å². The van der Waals surface area contributed by atoms with E-state index < -0.39 is 5.54 Å². The molecule has 0 saturated heterocycles. The summed E-state index contributed by atoms with van der Waals surface area (Å²) < 4.78 is 0. The van der Waals surface area contributed by atoms with E-state index in [0.717, 1.165) is 6.42 Å². The molecule has 0 atom stereocenters. The van der Waals surface area contributed by atoms with Crippen LogP contribution in [0.1, 0.15) is 31.4 Å². The molecule has 2 rings (SSSR count). The summed E-state index contributed by atoms with van der Waals surface area (Å²) in [6, 6.07) is 8.05. The molecule has 0 spiro atoms. The summed E-state index contributed by atoms with van der Waals surface area (Å²) in [6.45, 7) is 5.76. The molecule has 1 heterocycles. The lowest BCUT2D eigenvalue weighted by Crippen LogP contribution is -2.50. The SMILES string of the molecule is CC(C)(CN)NC(=O)CCNC(=O)N1CCc2ccccc2C1.Cl. The minimum atomic E-state index is -0.419. The fourth-order valence-electron chi connectivity index (χ4n) is 2.55. The highest BCUT2D eigenvalue weighted by Crippen LogP contribution is 2.18. The first-order chi connectivity index (χ1) is 10.9. The van der Waals surface area contributed by atoms with Crippen molar-refractivity contribution in [2.75, 3.05) is 19.6 Å². The van der Waals surface area contributed by atoms with Crippen LogP contribution in [0.15, 0.2) is 24.3 Å². The number of urea groups is 1. The van der Waals surface area contributed by atoms with E-state index in [1.165, 1.54) is 11.1 Å². The number of halogens is 1. The van der Waals surface area contributed by atoms with E-state index in [2.05, 4.69) is 22.8 Å². The van der Waals surface area contributed by atoms with Crippen molar-refractivity contribution in [2.24, 2.45) is 5.73 Å². The minimum Gasteiger partial charge on any atom is -0.350 e. The molecular weight excluding hydrogens is 328 g/mol. The Bertz CT molecular complexity index is 577. The summed E-state index contributed by atoms with van der Waals surface area (Å²) in [5.41, 5.74) is 7.65. The van der Waals surface area contributed by atoms with Gasteiger partial charge in [-0.1, -0.05) is 24.3 Å². The Kier molecular flexibility index (Phi) is 7.51. The lowest BCUT2D eigenvalue weighted by Gasteiger charge is -2.29. The van der Waals surface area contributed by atoms with Crippen molar-refractivity contribution in [1.29, 1.82) is 0 Å². The number of nitrogens with two attached hydrogens (primary N) is 1. The summed E-state index contributed by atoms with van der Waals surface area (Å²) in [4.78, 5) is 25.8. The van der Waals surface area contributed by atoms with Crippen LogP contribution in [0.4, 0.5) is 4.79 Å². The molecule has 24 heavy (non-hydrogen) atoms. The monoisotopic (exact) mass is 354 g/mol. The average molecular weight is 355 g/mol. The van der Waals surface area contributed by atoms with Crippen molar-refractivity contribution < 1.29 is 9.59 Å². The second kappa shape index (κ2) is 8.89. The number of nitrogens with one attached hydrogen (secondary N) is 2. The van der Waals surface area contributed by atoms with Gasteiger partial charge in [0.25, 0.3) is 0 Å². The Labute approximate surface area is 149 Å².